The van der Waals surface area contributed by atoms with Gasteiger partial charge < -0.3 is 15.0 Å². The average Bonchev–Trinajstić information content (AvgIpc) is 3.51. The van der Waals surface area contributed by atoms with Gasteiger partial charge in [-0.1, -0.05) is 75.4 Å². The van der Waals surface area contributed by atoms with Crippen molar-refractivity contribution in [3.8, 4) is 5.75 Å². The van der Waals surface area contributed by atoms with Crippen LogP contribution >= 0.6 is 39.0 Å². The monoisotopic (exact) mass is 689 g/mol. The van der Waals surface area contributed by atoms with Crippen LogP contribution in [0.15, 0.2) is 99.2 Å². The molecule has 44 heavy (non-hydrogen) atoms. The topological polar surface area (TPSA) is 109 Å². The van der Waals surface area contributed by atoms with Crippen LogP contribution < -0.4 is 19.8 Å². The van der Waals surface area contributed by atoms with Crippen LogP contribution in [0.2, 0.25) is 0 Å². The summed E-state index contributed by atoms with van der Waals surface area (Å²) in [4.78, 5) is 57.4. The Kier molecular flexibility index (Phi) is 7.35. The molecule has 0 bridgehead atoms. The number of hydrogen-bond acceptors (Lipinski definition) is 7. The minimum atomic E-state index is -0.877. The second kappa shape index (κ2) is 11.3. The van der Waals surface area contributed by atoms with E-state index in [0.717, 1.165) is 38.8 Å². The van der Waals surface area contributed by atoms with E-state index < -0.39 is 34.7 Å². The highest BCUT2D eigenvalue weighted by Gasteiger charge is 2.56. The van der Waals surface area contributed by atoms with Gasteiger partial charge in [-0.05, 0) is 53.9 Å². The molecule has 2 aliphatic heterocycles. The molecule has 4 aromatic carbocycles. The van der Waals surface area contributed by atoms with Crippen LogP contribution in [0.3, 0.4) is 0 Å². The van der Waals surface area contributed by atoms with Crippen molar-refractivity contribution >= 4 is 78.9 Å². The van der Waals surface area contributed by atoms with Gasteiger partial charge in [0.2, 0.25) is 11.8 Å². The van der Waals surface area contributed by atoms with E-state index in [-0.39, 0.29) is 23.1 Å². The van der Waals surface area contributed by atoms with Crippen LogP contribution in [0.5, 0.6) is 5.75 Å². The van der Waals surface area contributed by atoms with E-state index in [1.54, 1.807) is 18.2 Å². The highest BCUT2D eigenvalue weighted by Crippen LogP contribution is 2.54. The predicted octanol–water partition coefficient (Wildman–Crippen LogP) is 6.30. The molecule has 0 saturated carbocycles. The molecular weight excluding hydrogens is 669 g/mol. The van der Waals surface area contributed by atoms with E-state index in [0.29, 0.717) is 31.4 Å². The van der Waals surface area contributed by atoms with Gasteiger partial charge in [0.05, 0.1) is 16.6 Å². The van der Waals surface area contributed by atoms with Gasteiger partial charge in [-0.25, -0.2) is 9.29 Å². The number of carbonyl (C=O) groups excluding carboxylic acids is 3. The van der Waals surface area contributed by atoms with Gasteiger partial charge in [-0.2, -0.15) is 0 Å². The number of anilines is 2. The number of thiazole rings is 1. The molecule has 0 spiro atoms. The van der Waals surface area contributed by atoms with Gasteiger partial charge in [-0.3, -0.25) is 19.2 Å². The summed E-state index contributed by atoms with van der Waals surface area (Å²) >= 11 is 5.62. The number of carbonyl (C=O) groups is 3. The quantitative estimate of drug-likeness (QED) is 0.203. The average molecular weight is 691 g/mol. The summed E-state index contributed by atoms with van der Waals surface area (Å²) in [6.07, 6.45) is 0. The summed E-state index contributed by atoms with van der Waals surface area (Å²) in [7, 11) is 0. The number of nitrogens with zero attached hydrogens (tertiary/aromatic N) is 1. The molecule has 0 aliphatic carbocycles. The van der Waals surface area contributed by atoms with E-state index in [9.17, 15) is 23.6 Å². The fourth-order valence-corrected chi connectivity index (χ4v) is 8.64. The molecule has 3 atom stereocenters. The Bertz CT molecular complexity index is 2020. The largest absolute Gasteiger partial charge is 0.483 e. The third-order valence-corrected chi connectivity index (χ3v) is 10.5. The van der Waals surface area contributed by atoms with E-state index in [2.05, 4.69) is 26.2 Å². The highest BCUT2D eigenvalue weighted by molar-refractivity contribution is 9.10. The number of aromatic nitrogens is 1. The van der Waals surface area contributed by atoms with Gasteiger partial charge >= 0.3 is 4.87 Å². The lowest BCUT2D eigenvalue weighted by Gasteiger charge is -2.31. The molecule has 1 aromatic heterocycles. The number of hydrogen-bond donors (Lipinski definition) is 2. The van der Waals surface area contributed by atoms with E-state index in [4.69, 9.17) is 4.74 Å². The maximum Gasteiger partial charge on any atom is 0.305 e. The summed E-state index contributed by atoms with van der Waals surface area (Å²) in [5, 5.41) is 4.46. The van der Waals surface area contributed by atoms with Crippen molar-refractivity contribution in [2.45, 2.75) is 16.2 Å². The second-order valence-electron chi connectivity index (χ2n) is 10.3. The molecule has 7 rings (SSSR count). The first-order chi connectivity index (χ1) is 21.3. The number of halogens is 2. The Labute approximate surface area is 266 Å². The minimum absolute atomic E-state index is 0.267. The third-order valence-electron chi connectivity index (χ3n) is 7.64. The zero-order valence-corrected chi connectivity index (χ0v) is 25.8. The standard InChI is InChI=1S/C32H21BrFN3O5S2/c33-17-8-13-23(42-15-24(38)35-22-7-3-5-16-4-1-2-6-20(16)22)21(14-17)25-26-28(43-29-27(25)44-32(41)36-29)31(40)37(30(26)39)19-11-9-18(34)10-12-19/h1-14,25-26,28H,15H2,(H,35,38)(H,36,41). The van der Waals surface area contributed by atoms with E-state index >= 15 is 0 Å². The lowest BCUT2D eigenvalue weighted by Crippen LogP contribution is -2.32. The first-order valence-electron chi connectivity index (χ1n) is 13.5. The van der Waals surface area contributed by atoms with Gasteiger partial charge in [0, 0.05) is 31.9 Å². The molecule has 3 unspecified atom stereocenters. The molecule has 3 heterocycles. The number of thioether (sulfide) groups is 1. The Morgan fingerprint density at radius 1 is 0.977 bits per heavy atom. The molecule has 1 fully saturated rings. The van der Waals surface area contributed by atoms with Gasteiger partial charge in [0.15, 0.2) is 6.61 Å². The zero-order valence-electron chi connectivity index (χ0n) is 22.6. The number of fused-ring (bicyclic) bond motifs is 3. The van der Waals surface area contributed by atoms with Gasteiger partial charge in [0.1, 0.15) is 16.8 Å². The molecule has 3 amide bonds. The minimum Gasteiger partial charge on any atom is -0.483 e. The molecule has 5 aromatic rings. The van der Waals surface area contributed by atoms with Crippen LogP contribution in [-0.2, 0) is 14.4 Å². The fourth-order valence-electron chi connectivity index (χ4n) is 5.75. The number of ether oxygens (including phenoxy) is 1. The van der Waals surface area contributed by atoms with Crippen molar-refractivity contribution in [2.24, 2.45) is 5.92 Å². The third kappa shape index (κ3) is 5.02. The molecular formula is C32H21BrFN3O5S2. The van der Waals surface area contributed by atoms with Gasteiger partial charge in [0.25, 0.3) is 5.91 Å². The van der Waals surface area contributed by atoms with Crippen molar-refractivity contribution in [1.29, 1.82) is 0 Å². The maximum atomic E-state index is 14.0. The lowest BCUT2D eigenvalue weighted by molar-refractivity contribution is -0.122. The van der Waals surface area contributed by atoms with Crippen LogP contribution in [0.1, 0.15) is 16.4 Å². The SMILES string of the molecule is O=C(COc1ccc(Br)cc1C1c2sc(=O)[nH]c2SC2C(=O)N(c3ccc(F)cc3)C(=O)C21)Nc1cccc2ccccc12. The summed E-state index contributed by atoms with van der Waals surface area (Å²) in [6.45, 7) is -0.321. The fraction of sp³-hybridized carbons (Fsp3) is 0.125. The number of nitrogens with one attached hydrogen (secondary N) is 2. The lowest BCUT2D eigenvalue weighted by atomic mass is 9.82. The van der Waals surface area contributed by atoms with Crippen LogP contribution in [0.4, 0.5) is 15.8 Å². The molecule has 1 saturated heterocycles. The Hall–Kier alpha value is -4.26. The van der Waals surface area contributed by atoms with Crippen molar-refractivity contribution < 1.29 is 23.5 Å². The number of H-pyrrole nitrogens is 1. The van der Waals surface area contributed by atoms with Crippen molar-refractivity contribution in [3.63, 3.8) is 0 Å². The number of benzene rings is 4. The predicted molar refractivity (Wildman–Crippen MR) is 171 cm³/mol. The normalized spacial score (nSPS) is 19.1. The first-order valence-corrected chi connectivity index (χ1v) is 16.0. The Morgan fingerprint density at radius 3 is 2.57 bits per heavy atom. The molecule has 2 aliphatic rings. The van der Waals surface area contributed by atoms with Crippen molar-refractivity contribution in [1.82, 2.24) is 4.98 Å². The molecule has 0 radical (unpaired) electrons. The Balaban J connectivity index is 1.23. The summed E-state index contributed by atoms with van der Waals surface area (Å²) in [5.74, 6) is -3.05. The second-order valence-corrected chi connectivity index (χ2v) is 13.4. The Morgan fingerprint density at radius 2 is 1.75 bits per heavy atom. The van der Waals surface area contributed by atoms with E-state index in [1.807, 2.05) is 42.5 Å². The van der Waals surface area contributed by atoms with Crippen LogP contribution in [0.25, 0.3) is 10.8 Å². The van der Waals surface area contributed by atoms with Crippen molar-refractivity contribution in [3.05, 3.63) is 115 Å². The van der Waals surface area contributed by atoms with Gasteiger partial charge in [-0.15, -0.1) is 0 Å². The maximum absolute atomic E-state index is 14.0. The molecule has 8 nitrogen and oxygen atoms in total. The van der Waals surface area contributed by atoms with Crippen LogP contribution in [-0.4, -0.2) is 34.6 Å². The molecule has 12 heteroatoms. The molecule has 220 valence electrons. The number of aromatic amines is 1. The number of rotatable bonds is 6. The van der Waals surface area contributed by atoms with Crippen LogP contribution in [0, 0.1) is 11.7 Å². The smallest absolute Gasteiger partial charge is 0.305 e. The summed E-state index contributed by atoms with van der Waals surface area (Å²) in [6, 6.07) is 23.7. The first kappa shape index (κ1) is 28.5. The highest BCUT2D eigenvalue weighted by atomic mass is 79.9. The zero-order chi connectivity index (χ0) is 30.5. The summed E-state index contributed by atoms with van der Waals surface area (Å²) < 4.78 is 20.4. The van der Waals surface area contributed by atoms with E-state index in [1.165, 1.54) is 24.3 Å². The summed E-state index contributed by atoms with van der Waals surface area (Å²) in [5.41, 5.74) is 1.46. The number of imide groups is 1. The number of amides is 3. The molecule has 2 N–H and O–H groups in total. The van der Waals surface area contributed by atoms with Crippen molar-refractivity contribution in [2.75, 3.05) is 16.8 Å².